The molecule has 0 unspecified atom stereocenters. The van der Waals surface area contributed by atoms with Crippen LogP contribution < -0.4 is 0 Å². The van der Waals surface area contributed by atoms with Gasteiger partial charge >= 0.3 is 12.1 Å². The molecule has 0 aliphatic carbocycles. The predicted molar refractivity (Wildman–Crippen MR) is 70.5 cm³/mol. The summed E-state index contributed by atoms with van der Waals surface area (Å²) in [6.45, 7) is -2.36. The van der Waals surface area contributed by atoms with Crippen LogP contribution in [0.5, 0.6) is 0 Å². The second-order valence-corrected chi connectivity index (χ2v) is 7.17. The number of sulfonamides is 1. The van der Waals surface area contributed by atoms with Crippen molar-refractivity contribution < 1.29 is 40.3 Å². The molecule has 0 amide bonds. The first kappa shape index (κ1) is 19.1. The summed E-state index contributed by atoms with van der Waals surface area (Å²) < 4.78 is 91.3. The summed E-state index contributed by atoms with van der Waals surface area (Å²) in [6, 6.07) is 2.23. The Morgan fingerprint density at radius 1 is 1.24 bits per heavy atom. The van der Waals surface area contributed by atoms with E-state index in [0.29, 0.717) is 12.1 Å². The van der Waals surface area contributed by atoms with Crippen molar-refractivity contribution in [2.75, 3.05) is 13.1 Å². The third-order valence-electron chi connectivity index (χ3n) is 3.75. The maximum Gasteiger partial charge on any atom is 0.393 e. The van der Waals surface area contributed by atoms with E-state index in [9.17, 15) is 35.2 Å². The Morgan fingerprint density at radius 2 is 1.76 bits per heavy atom. The van der Waals surface area contributed by atoms with Gasteiger partial charge in [0.15, 0.2) is 4.90 Å². The number of benzene rings is 1. The lowest BCUT2D eigenvalue weighted by molar-refractivity contribution is -0.187. The monoisotopic (exact) mass is 384 g/mol. The van der Waals surface area contributed by atoms with Crippen LogP contribution in [-0.2, 0) is 14.8 Å². The van der Waals surface area contributed by atoms with Crippen LogP contribution in [-0.4, -0.2) is 43.1 Å². The number of nitriles is 1. The molecular formula is C13H9F5N2O4S. The van der Waals surface area contributed by atoms with Gasteiger partial charge in [0.1, 0.15) is 11.6 Å². The van der Waals surface area contributed by atoms with E-state index in [2.05, 4.69) is 0 Å². The van der Waals surface area contributed by atoms with E-state index in [1.54, 1.807) is 0 Å². The zero-order valence-electron chi connectivity index (χ0n) is 12.1. The fourth-order valence-corrected chi connectivity index (χ4v) is 4.13. The maximum absolute atomic E-state index is 13.9. The van der Waals surface area contributed by atoms with Crippen molar-refractivity contribution in [2.45, 2.75) is 11.1 Å². The molecule has 1 heterocycles. The van der Waals surface area contributed by atoms with Gasteiger partial charge in [-0.25, -0.2) is 17.2 Å². The third kappa shape index (κ3) is 3.42. The Bertz CT molecular complexity index is 839. The molecule has 25 heavy (non-hydrogen) atoms. The number of halogens is 5. The van der Waals surface area contributed by atoms with Crippen LogP contribution in [0.25, 0.3) is 0 Å². The van der Waals surface area contributed by atoms with Crippen LogP contribution in [0.2, 0.25) is 0 Å². The molecule has 1 aromatic carbocycles. The minimum atomic E-state index is -5.07. The average molecular weight is 384 g/mol. The van der Waals surface area contributed by atoms with Crippen molar-refractivity contribution in [1.29, 1.82) is 5.26 Å². The summed E-state index contributed by atoms with van der Waals surface area (Å²) in [7, 11) is -5.07. The molecule has 1 fully saturated rings. The standard InChI is InChI=1S/C13H9F5N2O4S/c14-9-1-6(3-19)2-10(15)11(9)25(23,24)20-4-7(12(21)22)8(5-20)13(16,17)18/h1-2,7-8H,4-5H2,(H,21,22)/t7-,8-/m1/s1. The minimum Gasteiger partial charge on any atom is -0.481 e. The fraction of sp³-hybridized carbons (Fsp3) is 0.385. The zero-order chi connectivity index (χ0) is 19.2. The van der Waals surface area contributed by atoms with Crippen molar-refractivity contribution in [2.24, 2.45) is 11.8 Å². The first-order chi connectivity index (χ1) is 11.4. The van der Waals surface area contributed by atoms with Gasteiger partial charge in [0.05, 0.1) is 23.5 Å². The van der Waals surface area contributed by atoms with Gasteiger partial charge in [0.2, 0.25) is 10.0 Å². The first-order valence-corrected chi connectivity index (χ1v) is 8.02. The second-order valence-electron chi connectivity index (χ2n) is 5.30. The molecule has 1 aliphatic rings. The summed E-state index contributed by atoms with van der Waals surface area (Å²) in [6.07, 6.45) is -5.00. The van der Waals surface area contributed by atoms with E-state index in [1.165, 1.54) is 6.07 Å². The van der Waals surface area contributed by atoms with Crippen molar-refractivity contribution >= 4 is 16.0 Å². The van der Waals surface area contributed by atoms with Crippen LogP contribution >= 0.6 is 0 Å². The van der Waals surface area contributed by atoms with Crippen molar-refractivity contribution in [1.82, 2.24) is 4.31 Å². The normalized spacial score (nSPS) is 21.9. The fourth-order valence-electron chi connectivity index (χ4n) is 2.55. The van der Waals surface area contributed by atoms with Crippen LogP contribution in [0.15, 0.2) is 17.0 Å². The molecule has 1 saturated heterocycles. The SMILES string of the molecule is N#Cc1cc(F)c(S(=O)(=O)N2C[C@@H](C(F)(F)F)[C@H](C(=O)O)C2)c(F)c1. The molecule has 0 bridgehead atoms. The maximum atomic E-state index is 13.9. The van der Waals surface area contributed by atoms with Gasteiger partial charge in [0.25, 0.3) is 0 Å². The van der Waals surface area contributed by atoms with E-state index in [1.807, 2.05) is 0 Å². The lowest BCUT2D eigenvalue weighted by Gasteiger charge is -2.18. The molecule has 1 aromatic rings. The molecule has 1 aliphatic heterocycles. The number of carbonyl (C=O) groups is 1. The van der Waals surface area contributed by atoms with Crippen LogP contribution in [0.4, 0.5) is 22.0 Å². The summed E-state index contributed by atoms with van der Waals surface area (Å²) in [5, 5.41) is 17.5. The number of carboxylic acids is 1. The van der Waals surface area contributed by atoms with Gasteiger partial charge in [-0.2, -0.15) is 22.7 Å². The third-order valence-corrected chi connectivity index (χ3v) is 5.63. The van der Waals surface area contributed by atoms with Crippen LogP contribution in [0, 0.1) is 34.8 Å². The Morgan fingerprint density at radius 3 is 2.12 bits per heavy atom. The zero-order valence-corrected chi connectivity index (χ0v) is 12.9. The molecule has 12 heteroatoms. The molecular weight excluding hydrogens is 375 g/mol. The van der Waals surface area contributed by atoms with E-state index >= 15 is 0 Å². The highest BCUT2D eigenvalue weighted by molar-refractivity contribution is 7.89. The van der Waals surface area contributed by atoms with Crippen molar-refractivity contribution in [3.63, 3.8) is 0 Å². The minimum absolute atomic E-state index is 0.0808. The molecule has 136 valence electrons. The number of rotatable bonds is 3. The molecule has 0 radical (unpaired) electrons. The topological polar surface area (TPSA) is 98.5 Å². The number of nitrogens with zero attached hydrogens (tertiary/aromatic N) is 2. The van der Waals surface area contributed by atoms with Gasteiger partial charge < -0.3 is 5.11 Å². The molecule has 0 aromatic heterocycles. The highest BCUT2D eigenvalue weighted by Gasteiger charge is 2.55. The lowest BCUT2D eigenvalue weighted by atomic mass is 9.96. The quantitative estimate of drug-likeness (QED) is 0.801. The van der Waals surface area contributed by atoms with Crippen molar-refractivity contribution in [3.8, 4) is 6.07 Å². The van der Waals surface area contributed by atoms with E-state index in [4.69, 9.17) is 10.4 Å². The Hall–Kier alpha value is -2.26. The van der Waals surface area contributed by atoms with E-state index < -0.39 is 69.2 Å². The summed E-state index contributed by atoms with van der Waals surface area (Å²) in [4.78, 5) is 9.45. The first-order valence-electron chi connectivity index (χ1n) is 6.58. The Balaban J connectivity index is 2.49. The van der Waals surface area contributed by atoms with E-state index in [0.717, 1.165) is 0 Å². The van der Waals surface area contributed by atoms with Crippen LogP contribution in [0.1, 0.15) is 5.56 Å². The molecule has 1 N–H and O–H groups in total. The van der Waals surface area contributed by atoms with Crippen LogP contribution in [0.3, 0.4) is 0 Å². The highest BCUT2D eigenvalue weighted by atomic mass is 32.2. The summed E-state index contributed by atoms with van der Waals surface area (Å²) in [5.41, 5.74) is -0.521. The number of hydrogen-bond acceptors (Lipinski definition) is 4. The summed E-state index contributed by atoms with van der Waals surface area (Å²) in [5.74, 6) is -9.79. The molecule has 0 saturated carbocycles. The smallest absolute Gasteiger partial charge is 0.393 e. The lowest BCUT2D eigenvalue weighted by Crippen LogP contribution is -2.34. The van der Waals surface area contributed by atoms with E-state index in [-0.39, 0.29) is 4.31 Å². The van der Waals surface area contributed by atoms with Gasteiger partial charge in [0, 0.05) is 13.1 Å². The van der Waals surface area contributed by atoms with Gasteiger partial charge in [-0.3, -0.25) is 4.79 Å². The Labute approximate surface area is 138 Å². The number of alkyl halides is 3. The number of carboxylic acid groups (broad SMARTS) is 1. The molecule has 2 atom stereocenters. The van der Waals surface area contributed by atoms with Gasteiger partial charge in [-0.05, 0) is 12.1 Å². The largest absolute Gasteiger partial charge is 0.481 e. The summed E-state index contributed by atoms with van der Waals surface area (Å²) >= 11 is 0. The second kappa shape index (κ2) is 6.23. The number of hydrogen-bond donors (Lipinski definition) is 1. The number of aliphatic carboxylic acids is 1. The van der Waals surface area contributed by atoms with Gasteiger partial charge in [-0.15, -0.1) is 0 Å². The molecule has 2 rings (SSSR count). The predicted octanol–water partition coefficient (Wildman–Crippen LogP) is 1.72. The Kier molecular flexibility index (Phi) is 4.75. The highest BCUT2D eigenvalue weighted by Crippen LogP contribution is 2.40. The molecule has 6 nitrogen and oxygen atoms in total. The van der Waals surface area contributed by atoms with Gasteiger partial charge in [-0.1, -0.05) is 0 Å². The molecule has 0 spiro atoms. The van der Waals surface area contributed by atoms with Crippen molar-refractivity contribution in [3.05, 3.63) is 29.3 Å². The average Bonchev–Trinajstić information content (AvgIpc) is 2.92.